The summed E-state index contributed by atoms with van der Waals surface area (Å²) in [6, 6.07) is 1.21. The first-order valence-corrected chi connectivity index (χ1v) is 8.14. The molecule has 8 heteroatoms. The molecule has 1 aliphatic rings. The topological polar surface area (TPSA) is 88.3 Å². The highest BCUT2D eigenvalue weighted by atomic mass is 35.7. The van der Waals surface area contributed by atoms with Crippen molar-refractivity contribution in [2.24, 2.45) is 0 Å². The van der Waals surface area contributed by atoms with Crippen LogP contribution in [-0.4, -0.2) is 38.1 Å². The van der Waals surface area contributed by atoms with Crippen LogP contribution in [0.15, 0.2) is 17.2 Å². The van der Waals surface area contributed by atoms with Crippen LogP contribution in [0.25, 0.3) is 0 Å². The van der Waals surface area contributed by atoms with E-state index in [4.69, 9.17) is 15.4 Å². The minimum atomic E-state index is -3.83. The van der Waals surface area contributed by atoms with E-state index in [0.717, 1.165) is 12.8 Å². The lowest BCUT2D eigenvalue weighted by molar-refractivity contribution is 0.0271. The van der Waals surface area contributed by atoms with Gasteiger partial charge in [-0.05, 0) is 25.8 Å². The number of nitrogens with one attached hydrogen (secondary N) is 2. The number of carbonyl (C=O) groups is 1. The van der Waals surface area contributed by atoms with Gasteiger partial charge in [-0.1, -0.05) is 0 Å². The fraction of sp³-hybridized carbons (Fsp3) is 0.545. The fourth-order valence-electron chi connectivity index (χ4n) is 2.02. The van der Waals surface area contributed by atoms with E-state index in [9.17, 15) is 13.2 Å². The quantitative estimate of drug-likeness (QED) is 0.822. The molecule has 1 fully saturated rings. The Balaban J connectivity index is 2.10. The summed E-state index contributed by atoms with van der Waals surface area (Å²) < 4.78 is 27.6. The van der Waals surface area contributed by atoms with Crippen LogP contribution in [0.4, 0.5) is 0 Å². The molecule has 19 heavy (non-hydrogen) atoms. The summed E-state index contributed by atoms with van der Waals surface area (Å²) in [5, 5.41) is 2.84. The minimum Gasteiger partial charge on any atom is -0.379 e. The third-order valence-corrected chi connectivity index (χ3v) is 4.37. The van der Waals surface area contributed by atoms with Gasteiger partial charge in [0.25, 0.3) is 15.0 Å². The lowest BCUT2D eigenvalue weighted by atomic mass is 9.95. The molecule has 1 aromatic heterocycles. The Morgan fingerprint density at radius 2 is 2.32 bits per heavy atom. The van der Waals surface area contributed by atoms with Crippen LogP contribution in [-0.2, 0) is 13.8 Å². The Morgan fingerprint density at radius 3 is 2.84 bits per heavy atom. The zero-order valence-corrected chi connectivity index (χ0v) is 12.0. The SMILES string of the molecule is CC1(NC(=O)c2cc(S(=O)(=O)Cl)c[nH]2)CCCOC1. The summed E-state index contributed by atoms with van der Waals surface area (Å²) in [6.07, 6.45) is 2.89. The maximum absolute atomic E-state index is 12.0. The zero-order chi connectivity index (χ0) is 14.1. The average molecular weight is 307 g/mol. The van der Waals surface area contributed by atoms with Gasteiger partial charge in [0, 0.05) is 23.5 Å². The first-order valence-electron chi connectivity index (χ1n) is 5.84. The first-order chi connectivity index (χ1) is 8.80. The molecule has 0 spiro atoms. The summed E-state index contributed by atoms with van der Waals surface area (Å²) >= 11 is 0. The van der Waals surface area contributed by atoms with Crippen LogP contribution in [0, 0.1) is 0 Å². The lowest BCUT2D eigenvalue weighted by Gasteiger charge is -2.34. The van der Waals surface area contributed by atoms with Gasteiger partial charge in [0.1, 0.15) is 10.6 Å². The van der Waals surface area contributed by atoms with E-state index >= 15 is 0 Å². The van der Waals surface area contributed by atoms with Crippen LogP contribution in [0.2, 0.25) is 0 Å². The molecule has 2 rings (SSSR count). The summed E-state index contributed by atoms with van der Waals surface area (Å²) in [5.74, 6) is -0.375. The lowest BCUT2D eigenvalue weighted by Crippen LogP contribution is -2.51. The van der Waals surface area contributed by atoms with Gasteiger partial charge in [-0.15, -0.1) is 0 Å². The average Bonchev–Trinajstić information content (AvgIpc) is 2.78. The monoisotopic (exact) mass is 306 g/mol. The Kier molecular flexibility index (Phi) is 3.89. The van der Waals surface area contributed by atoms with Gasteiger partial charge >= 0.3 is 0 Å². The zero-order valence-electron chi connectivity index (χ0n) is 10.4. The highest BCUT2D eigenvalue weighted by Gasteiger charge is 2.30. The number of hydrogen-bond donors (Lipinski definition) is 2. The molecule has 1 unspecified atom stereocenters. The normalized spacial score (nSPS) is 24.1. The molecule has 2 N–H and O–H groups in total. The number of aromatic amines is 1. The minimum absolute atomic E-state index is 0.121. The molecular weight excluding hydrogens is 292 g/mol. The molecular formula is C11H15ClN2O4S. The predicted octanol–water partition coefficient (Wildman–Crippen LogP) is 1.24. The number of hydrogen-bond acceptors (Lipinski definition) is 4. The highest BCUT2D eigenvalue weighted by molar-refractivity contribution is 8.13. The fourth-order valence-corrected chi connectivity index (χ4v) is 2.75. The second-order valence-corrected chi connectivity index (χ2v) is 7.42. The van der Waals surface area contributed by atoms with E-state index in [0.29, 0.717) is 13.2 Å². The highest BCUT2D eigenvalue weighted by Crippen LogP contribution is 2.20. The van der Waals surface area contributed by atoms with E-state index in [1.807, 2.05) is 6.92 Å². The molecule has 0 saturated carbocycles. The van der Waals surface area contributed by atoms with Crippen molar-refractivity contribution in [3.63, 3.8) is 0 Å². The van der Waals surface area contributed by atoms with E-state index < -0.39 is 14.6 Å². The second kappa shape index (κ2) is 5.15. The van der Waals surface area contributed by atoms with Crippen LogP contribution < -0.4 is 5.32 Å². The van der Waals surface area contributed by atoms with Crippen LogP contribution in [0.1, 0.15) is 30.3 Å². The molecule has 1 saturated heterocycles. The van der Waals surface area contributed by atoms with Crippen molar-refractivity contribution >= 4 is 25.6 Å². The van der Waals surface area contributed by atoms with Gasteiger partial charge in [0.05, 0.1) is 12.1 Å². The standard InChI is InChI=1S/C11H15ClN2O4S/c1-11(3-2-4-18-7-11)14-10(15)9-5-8(6-13-9)19(12,16)17/h5-6,13H,2-4,7H2,1H3,(H,14,15). The first kappa shape index (κ1) is 14.4. The van der Waals surface area contributed by atoms with Gasteiger partial charge in [0.2, 0.25) is 0 Å². The van der Waals surface area contributed by atoms with Crippen molar-refractivity contribution in [2.45, 2.75) is 30.2 Å². The molecule has 2 heterocycles. The number of ether oxygens (including phenoxy) is 1. The molecule has 0 radical (unpaired) electrons. The molecule has 0 bridgehead atoms. The molecule has 0 aromatic carbocycles. The Morgan fingerprint density at radius 1 is 1.58 bits per heavy atom. The maximum Gasteiger partial charge on any atom is 0.268 e. The summed E-state index contributed by atoms with van der Waals surface area (Å²) in [6.45, 7) is 3.04. The van der Waals surface area contributed by atoms with E-state index in [2.05, 4.69) is 10.3 Å². The van der Waals surface area contributed by atoms with Gasteiger partial charge < -0.3 is 15.0 Å². The van der Waals surface area contributed by atoms with Gasteiger partial charge in [-0.2, -0.15) is 0 Å². The van der Waals surface area contributed by atoms with Crippen molar-refractivity contribution in [2.75, 3.05) is 13.2 Å². The molecule has 1 aromatic rings. The Labute approximate surface area is 115 Å². The number of carbonyl (C=O) groups excluding carboxylic acids is 1. The molecule has 1 amide bonds. The maximum atomic E-state index is 12.0. The third-order valence-electron chi connectivity index (χ3n) is 3.04. The van der Waals surface area contributed by atoms with Gasteiger partial charge in [-0.3, -0.25) is 4.79 Å². The number of halogens is 1. The van der Waals surface area contributed by atoms with Gasteiger partial charge in [0.15, 0.2) is 0 Å². The van der Waals surface area contributed by atoms with Crippen LogP contribution in [0.5, 0.6) is 0 Å². The van der Waals surface area contributed by atoms with E-state index in [-0.39, 0.29) is 16.5 Å². The molecule has 106 valence electrons. The van der Waals surface area contributed by atoms with Crippen LogP contribution in [0.3, 0.4) is 0 Å². The van der Waals surface area contributed by atoms with E-state index in [1.54, 1.807) is 0 Å². The molecule has 0 aliphatic carbocycles. The third kappa shape index (κ3) is 3.49. The summed E-state index contributed by atoms with van der Waals surface area (Å²) in [4.78, 5) is 14.5. The van der Waals surface area contributed by atoms with Crippen molar-refractivity contribution in [1.29, 1.82) is 0 Å². The number of rotatable bonds is 3. The Bertz CT molecular complexity index is 575. The van der Waals surface area contributed by atoms with Crippen molar-refractivity contribution in [3.05, 3.63) is 18.0 Å². The summed E-state index contributed by atoms with van der Waals surface area (Å²) in [7, 11) is 1.37. The molecule has 6 nitrogen and oxygen atoms in total. The second-order valence-electron chi connectivity index (χ2n) is 4.86. The van der Waals surface area contributed by atoms with Gasteiger partial charge in [-0.25, -0.2) is 8.42 Å². The number of aromatic nitrogens is 1. The van der Waals surface area contributed by atoms with E-state index in [1.165, 1.54) is 12.3 Å². The van der Waals surface area contributed by atoms with Crippen LogP contribution >= 0.6 is 10.7 Å². The smallest absolute Gasteiger partial charge is 0.268 e. The molecule has 1 aliphatic heterocycles. The Hall–Kier alpha value is -1.05. The summed E-state index contributed by atoms with van der Waals surface area (Å²) in [5.41, 5.74) is -0.272. The molecule has 1 atom stereocenters. The van der Waals surface area contributed by atoms with Crippen molar-refractivity contribution in [3.8, 4) is 0 Å². The van der Waals surface area contributed by atoms with Crippen molar-refractivity contribution < 1.29 is 17.9 Å². The number of H-pyrrole nitrogens is 1. The predicted molar refractivity (Wildman–Crippen MR) is 69.8 cm³/mol. The van der Waals surface area contributed by atoms with Crippen molar-refractivity contribution in [1.82, 2.24) is 10.3 Å². The largest absolute Gasteiger partial charge is 0.379 e. The number of amides is 1.